The van der Waals surface area contributed by atoms with Gasteiger partial charge in [0, 0.05) is 12.6 Å². The van der Waals surface area contributed by atoms with E-state index >= 15 is 0 Å². The molecule has 1 aromatic heterocycles. The van der Waals surface area contributed by atoms with Crippen molar-refractivity contribution in [1.82, 2.24) is 25.5 Å². The molecule has 1 aliphatic heterocycles. The van der Waals surface area contributed by atoms with Crippen molar-refractivity contribution in [2.24, 2.45) is 0 Å². The minimum atomic E-state index is -2.99. The van der Waals surface area contributed by atoms with Crippen LogP contribution in [0, 0.1) is 0 Å². The smallest absolute Gasteiger partial charge is 0.233 e. The minimum Gasteiger partial charge on any atom is -0.351 e. The molecule has 1 amide bonds. The van der Waals surface area contributed by atoms with Gasteiger partial charge >= 0.3 is 0 Å². The molecule has 10 heteroatoms. The lowest BCUT2D eigenvalue weighted by atomic mass is 10.2. The molecule has 0 unspecified atom stereocenters. The van der Waals surface area contributed by atoms with E-state index in [0.29, 0.717) is 18.1 Å². The summed E-state index contributed by atoms with van der Waals surface area (Å²) in [6.07, 6.45) is 0.484. The molecule has 0 radical (unpaired) electrons. The summed E-state index contributed by atoms with van der Waals surface area (Å²) < 4.78 is 24.3. The quantitative estimate of drug-likeness (QED) is 0.727. The summed E-state index contributed by atoms with van der Waals surface area (Å²) >= 11 is 1.26. The zero-order valence-corrected chi connectivity index (χ0v) is 12.9. The Balaban J connectivity index is 1.89. The highest BCUT2D eigenvalue weighted by Crippen LogP contribution is 2.21. The number of aromatic nitrogens is 4. The van der Waals surface area contributed by atoms with Crippen LogP contribution in [0.2, 0.25) is 0 Å². The van der Waals surface area contributed by atoms with Crippen LogP contribution in [-0.4, -0.2) is 57.3 Å². The molecule has 112 valence electrons. The van der Waals surface area contributed by atoms with Gasteiger partial charge in [-0.3, -0.25) is 4.79 Å². The number of nitrogens with zero attached hydrogens (tertiary/aromatic N) is 4. The fourth-order valence-electron chi connectivity index (χ4n) is 1.92. The van der Waals surface area contributed by atoms with Gasteiger partial charge in [-0.1, -0.05) is 11.8 Å². The van der Waals surface area contributed by atoms with Crippen molar-refractivity contribution >= 4 is 27.5 Å². The summed E-state index contributed by atoms with van der Waals surface area (Å²) in [6.45, 7) is 4.29. The van der Waals surface area contributed by atoms with Gasteiger partial charge in [0.15, 0.2) is 9.84 Å². The minimum absolute atomic E-state index is 0.0306. The fourth-order valence-corrected chi connectivity index (χ4v) is 4.45. The molecule has 0 spiro atoms. The first-order valence-electron chi connectivity index (χ1n) is 6.35. The number of thioether (sulfide) groups is 1. The molecule has 0 aliphatic carbocycles. The van der Waals surface area contributed by atoms with E-state index in [1.807, 2.05) is 6.92 Å². The largest absolute Gasteiger partial charge is 0.351 e. The van der Waals surface area contributed by atoms with Gasteiger partial charge in [-0.25, -0.2) is 13.1 Å². The summed E-state index contributed by atoms with van der Waals surface area (Å²) in [7, 11) is -2.99. The van der Waals surface area contributed by atoms with Crippen molar-refractivity contribution in [3.63, 3.8) is 0 Å². The first-order valence-corrected chi connectivity index (χ1v) is 9.05. The Bertz CT molecular complexity index is 585. The summed E-state index contributed by atoms with van der Waals surface area (Å²) in [5, 5.41) is 14.2. The van der Waals surface area contributed by atoms with Crippen molar-refractivity contribution in [3.05, 3.63) is 0 Å². The van der Waals surface area contributed by atoms with Gasteiger partial charge in [0.1, 0.15) is 0 Å². The Kier molecular flexibility index (Phi) is 4.63. The van der Waals surface area contributed by atoms with Gasteiger partial charge in [0.2, 0.25) is 11.1 Å². The predicted octanol–water partition coefficient (Wildman–Crippen LogP) is -0.523. The van der Waals surface area contributed by atoms with E-state index in [9.17, 15) is 13.2 Å². The van der Waals surface area contributed by atoms with E-state index in [2.05, 4.69) is 20.8 Å². The first-order chi connectivity index (χ1) is 9.41. The average molecular weight is 319 g/mol. The number of carbonyl (C=O) groups excluding carboxylic acids is 1. The number of tetrazole rings is 1. The molecule has 0 aromatic carbocycles. The average Bonchev–Trinajstić information content (AvgIpc) is 2.95. The third-order valence-corrected chi connectivity index (χ3v) is 5.87. The maximum atomic E-state index is 12.0. The molecule has 20 heavy (non-hydrogen) atoms. The highest BCUT2D eigenvalue weighted by Gasteiger charge is 2.30. The Morgan fingerprint density at radius 1 is 1.60 bits per heavy atom. The van der Waals surface area contributed by atoms with Crippen LogP contribution in [-0.2, 0) is 21.2 Å². The number of carbonyl (C=O) groups is 1. The molecule has 1 fully saturated rings. The van der Waals surface area contributed by atoms with Gasteiger partial charge in [-0.2, -0.15) is 0 Å². The van der Waals surface area contributed by atoms with E-state index in [0.717, 1.165) is 0 Å². The van der Waals surface area contributed by atoms with Crippen LogP contribution >= 0.6 is 11.8 Å². The number of sulfone groups is 1. The molecule has 1 saturated heterocycles. The zero-order chi connectivity index (χ0) is 14.8. The molecule has 0 bridgehead atoms. The number of hydrogen-bond donors (Lipinski definition) is 1. The number of aryl methyl sites for hydroxylation is 1. The standard InChI is InChI=1S/C10H17N5O3S2/c1-3-15-10(12-13-14-15)19-7(2)9(16)11-8-4-5-20(17,18)6-8/h7-8H,3-6H2,1-2H3,(H,11,16)/t7-,8+/m1/s1. The van der Waals surface area contributed by atoms with Crippen LogP contribution in [0.3, 0.4) is 0 Å². The topological polar surface area (TPSA) is 107 Å². The van der Waals surface area contributed by atoms with Crippen LogP contribution in [0.15, 0.2) is 5.16 Å². The van der Waals surface area contributed by atoms with Crippen molar-refractivity contribution in [2.45, 2.75) is 43.3 Å². The van der Waals surface area contributed by atoms with Crippen molar-refractivity contribution < 1.29 is 13.2 Å². The normalized spacial score (nSPS) is 22.6. The zero-order valence-electron chi connectivity index (χ0n) is 11.3. The van der Waals surface area contributed by atoms with E-state index in [-0.39, 0.29) is 28.7 Å². The van der Waals surface area contributed by atoms with E-state index in [1.165, 1.54) is 11.8 Å². The maximum Gasteiger partial charge on any atom is 0.233 e. The van der Waals surface area contributed by atoms with Gasteiger partial charge in [-0.05, 0) is 30.7 Å². The molecular formula is C10H17N5O3S2. The fraction of sp³-hybridized carbons (Fsp3) is 0.800. The van der Waals surface area contributed by atoms with Gasteiger partial charge in [0.05, 0.1) is 16.8 Å². The molecular weight excluding hydrogens is 302 g/mol. The molecule has 1 N–H and O–H groups in total. The second kappa shape index (κ2) is 6.08. The Morgan fingerprint density at radius 2 is 2.35 bits per heavy atom. The van der Waals surface area contributed by atoms with Crippen LogP contribution < -0.4 is 5.32 Å². The Labute approximate surface area is 121 Å². The molecule has 2 heterocycles. The summed E-state index contributed by atoms with van der Waals surface area (Å²) in [5.74, 6) is -0.0149. The Morgan fingerprint density at radius 3 is 2.95 bits per heavy atom. The number of nitrogens with one attached hydrogen (secondary N) is 1. The molecule has 8 nitrogen and oxygen atoms in total. The third-order valence-electron chi connectivity index (χ3n) is 3.03. The monoisotopic (exact) mass is 319 g/mol. The van der Waals surface area contributed by atoms with Crippen molar-refractivity contribution in [2.75, 3.05) is 11.5 Å². The number of rotatable bonds is 5. The van der Waals surface area contributed by atoms with Crippen LogP contribution in [0.5, 0.6) is 0 Å². The highest BCUT2D eigenvalue weighted by atomic mass is 32.2. The van der Waals surface area contributed by atoms with E-state index in [4.69, 9.17) is 0 Å². The van der Waals surface area contributed by atoms with Crippen molar-refractivity contribution in [1.29, 1.82) is 0 Å². The lowest BCUT2D eigenvalue weighted by Gasteiger charge is -2.15. The number of amides is 1. The highest BCUT2D eigenvalue weighted by molar-refractivity contribution is 8.00. The van der Waals surface area contributed by atoms with Crippen LogP contribution in [0.1, 0.15) is 20.3 Å². The van der Waals surface area contributed by atoms with E-state index < -0.39 is 9.84 Å². The second-order valence-corrected chi connectivity index (χ2v) is 8.18. The van der Waals surface area contributed by atoms with Crippen LogP contribution in [0.25, 0.3) is 0 Å². The van der Waals surface area contributed by atoms with Gasteiger partial charge in [-0.15, -0.1) is 5.10 Å². The molecule has 1 aliphatic rings. The summed E-state index contributed by atoms with van der Waals surface area (Å²) in [4.78, 5) is 12.0. The summed E-state index contributed by atoms with van der Waals surface area (Å²) in [6, 6.07) is -0.280. The van der Waals surface area contributed by atoms with E-state index in [1.54, 1.807) is 11.6 Å². The second-order valence-electron chi connectivity index (χ2n) is 4.65. The molecule has 2 atom stereocenters. The lowest BCUT2D eigenvalue weighted by molar-refractivity contribution is -0.120. The van der Waals surface area contributed by atoms with Crippen molar-refractivity contribution in [3.8, 4) is 0 Å². The third kappa shape index (κ3) is 3.69. The Hall–Kier alpha value is -1.16. The first kappa shape index (κ1) is 15.2. The SMILES string of the molecule is CCn1nnnc1S[C@H](C)C(=O)N[C@H]1CCS(=O)(=O)C1. The van der Waals surface area contributed by atoms with Crippen LogP contribution in [0.4, 0.5) is 0 Å². The molecule has 1 aromatic rings. The van der Waals surface area contributed by atoms with Gasteiger partial charge < -0.3 is 5.32 Å². The summed E-state index contributed by atoms with van der Waals surface area (Å²) in [5.41, 5.74) is 0. The van der Waals surface area contributed by atoms with Gasteiger partial charge in [0.25, 0.3) is 0 Å². The number of hydrogen-bond acceptors (Lipinski definition) is 7. The predicted molar refractivity (Wildman–Crippen MR) is 74.0 cm³/mol. The maximum absolute atomic E-state index is 12.0. The lowest BCUT2D eigenvalue weighted by Crippen LogP contribution is -2.40. The molecule has 2 rings (SSSR count). The molecule has 0 saturated carbocycles.